The second-order valence-electron chi connectivity index (χ2n) is 3.33. The molecular weight excluding hydrogens is 192 g/mol. The van der Waals surface area contributed by atoms with Crippen LogP contribution in [-0.2, 0) is 0 Å². The van der Waals surface area contributed by atoms with E-state index < -0.39 is 0 Å². The van der Waals surface area contributed by atoms with E-state index in [1.165, 1.54) is 0 Å². The second kappa shape index (κ2) is 6.19. The van der Waals surface area contributed by atoms with E-state index in [0.717, 1.165) is 24.6 Å². The standard InChI is InChI=1S/C10H18N4O/c1-3-4-12-9-7-11-8-10(13-9)14(2)5-6-15/h7-8,15H,3-6H2,1-2H3,(H,12,13). The minimum Gasteiger partial charge on any atom is -0.395 e. The zero-order valence-electron chi connectivity index (χ0n) is 9.27. The van der Waals surface area contributed by atoms with Gasteiger partial charge >= 0.3 is 0 Å². The van der Waals surface area contributed by atoms with Crippen LogP contribution < -0.4 is 10.2 Å². The predicted molar refractivity (Wildman–Crippen MR) is 61.2 cm³/mol. The summed E-state index contributed by atoms with van der Waals surface area (Å²) in [6.45, 7) is 3.67. The zero-order valence-corrected chi connectivity index (χ0v) is 9.27. The molecular formula is C10H18N4O. The first-order valence-electron chi connectivity index (χ1n) is 5.15. The third-order valence-electron chi connectivity index (χ3n) is 2.00. The minimum absolute atomic E-state index is 0.116. The first kappa shape index (κ1) is 11.7. The van der Waals surface area contributed by atoms with Gasteiger partial charge in [-0.05, 0) is 6.42 Å². The van der Waals surface area contributed by atoms with E-state index >= 15 is 0 Å². The van der Waals surface area contributed by atoms with Crippen molar-refractivity contribution < 1.29 is 5.11 Å². The van der Waals surface area contributed by atoms with E-state index in [4.69, 9.17) is 5.11 Å². The van der Waals surface area contributed by atoms with E-state index in [1.54, 1.807) is 12.4 Å². The summed E-state index contributed by atoms with van der Waals surface area (Å²) in [4.78, 5) is 10.3. The van der Waals surface area contributed by atoms with Crippen LogP contribution in [0.4, 0.5) is 11.6 Å². The molecule has 2 N–H and O–H groups in total. The van der Waals surface area contributed by atoms with Gasteiger partial charge < -0.3 is 15.3 Å². The van der Waals surface area contributed by atoms with Crippen LogP contribution in [0.3, 0.4) is 0 Å². The lowest BCUT2D eigenvalue weighted by molar-refractivity contribution is 0.304. The summed E-state index contributed by atoms with van der Waals surface area (Å²) >= 11 is 0. The normalized spacial score (nSPS) is 10.1. The molecule has 1 rings (SSSR count). The van der Waals surface area contributed by atoms with E-state index in [9.17, 15) is 0 Å². The molecule has 0 fully saturated rings. The molecule has 5 nitrogen and oxygen atoms in total. The molecule has 0 radical (unpaired) electrons. The van der Waals surface area contributed by atoms with Gasteiger partial charge in [-0.2, -0.15) is 0 Å². The Balaban J connectivity index is 2.64. The lowest BCUT2D eigenvalue weighted by Gasteiger charge is -2.16. The summed E-state index contributed by atoms with van der Waals surface area (Å²) in [5.41, 5.74) is 0. The Morgan fingerprint density at radius 1 is 1.47 bits per heavy atom. The SMILES string of the molecule is CCCNc1cncc(N(C)CCO)n1. The summed E-state index contributed by atoms with van der Waals surface area (Å²) in [6.07, 6.45) is 4.44. The van der Waals surface area contributed by atoms with Crippen molar-refractivity contribution in [3.05, 3.63) is 12.4 Å². The molecule has 0 bridgehead atoms. The maximum absolute atomic E-state index is 8.80. The second-order valence-corrected chi connectivity index (χ2v) is 3.33. The average molecular weight is 210 g/mol. The van der Waals surface area contributed by atoms with Crippen LogP contribution in [-0.4, -0.2) is 41.8 Å². The smallest absolute Gasteiger partial charge is 0.149 e. The molecule has 0 saturated carbocycles. The number of nitrogens with zero attached hydrogens (tertiary/aromatic N) is 3. The number of rotatable bonds is 6. The molecule has 0 spiro atoms. The highest BCUT2D eigenvalue weighted by Gasteiger charge is 2.02. The number of aliphatic hydroxyl groups is 1. The van der Waals surface area contributed by atoms with Gasteiger partial charge in [-0.3, -0.25) is 4.98 Å². The topological polar surface area (TPSA) is 61.3 Å². The van der Waals surface area contributed by atoms with Crippen molar-refractivity contribution in [1.82, 2.24) is 9.97 Å². The maximum Gasteiger partial charge on any atom is 0.149 e. The predicted octanol–water partition coefficient (Wildman–Crippen LogP) is 0.727. The number of likely N-dealkylation sites (N-methyl/N-ethyl adjacent to an activating group) is 1. The summed E-state index contributed by atoms with van der Waals surface area (Å²) in [5.74, 6) is 1.55. The third kappa shape index (κ3) is 3.71. The molecule has 0 aliphatic rings. The Hall–Kier alpha value is -1.36. The molecule has 0 atom stereocenters. The minimum atomic E-state index is 0.116. The van der Waals surface area contributed by atoms with Gasteiger partial charge in [-0.25, -0.2) is 4.98 Å². The maximum atomic E-state index is 8.80. The van der Waals surface area contributed by atoms with Crippen LogP contribution >= 0.6 is 0 Å². The monoisotopic (exact) mass is 210 g/mol. The van der Waals surface area contributed by atoms with Crippen molar-refractivity contribution in [3.63, 3.8) is 0 Å². The lowest BCUT2D eigenvalue weighted by atomic mass is 10.4. The van der Waals surface area contributed by atoms with Gasteiger partial charge in [0.05, 0.1) is 19.0 Å². The van der Waals surface area contributed by atoms with E-state index in [1.807, 2.05) is 11.9 Å². The Kier molecular flexibility index (Phi) is 4.83. The molecule has 0 aliphatic carbocycles. The number of aromatic nitrogens is 2. The van der Waals surface area contributed by atoms with Crippen molar-refractivity contribution >= 4 is 11.6 Å². The fourth-order valence-electron chi connectivity index (χ4n) is 1.14. The van der Waals surface area contributed by atoms with Crippen molar-refractivity contribution in [1.29, 1.82) is 0 Å². The summed E-state index contributed by atoms with van der Waals surface area (Å²) in [7, 11) is 1.88. The van der Waals surface area contributed by atoms with Crippen molar-refractivity contribution in [2.24, 2.45) is 0 Å². The molecule has 15 heavy (non-hydrogen) atoms. The molecule has 0 amide bonds. The van der Waals surface area contributed by atoms with Crippen LogP contribution in [0.25, 0.3) is 0 Å². The van der Waals surface area contributed by atoms with Gasteiger partial charge in [0.25, 0.3) is 0 Å². The van der Waals surface area contributed by atoms with E-state index in [0.29, 0.717) is 6.54 Å². The van der Waals surface area contributed by atoms with Crippen molar-refractivity contribution in [2.45, 2.75) is 13.3 Å². The molecule has 0 saturated heterocycles. The number of anilines is 2. The zero-order chi connectivity index (χ0) is 11.1. The average Bonchev–Trinajstić information content (AvgIpc) is 2.27. The van der Waals surface area contributed by atoms with Crippen LogP contribution in [0, 0.1) is 0 Å². The van der Waals surface area contributed by atoms with Gasteiger partial charge in [-0.1, -0.05) is 6.92 Å². The highest BCUT2D eigenvalue weighted by molar-refractivity contribution is 5.43. The Morgan fingerprint density at radius 2 is 2.27 bits per heavy atom. The van der Waals surface area contributed by atoms with Gasteiger partial charge in [0.2, 0.25) is 0 Å². The van der Waals surface area contributed by atoms with Crippen molar-refractivity contribution in [2.75, 3.05) is 37.0 Å². The Bertz CT molecular complexity index is 293. The molecule has 1 aromatic rings. The van der Waals surface area contributed by atoms with E-state index in [-0.39, 0.29) is 6.61 Å². The van der Waals surface area contributed by atoms with Gasteiger partial charge in [0.15, 0.2) is 0 Å². The number of hydrogen-bond acceptors (Lipinski definition) is 5. The third-order valence-corrected chi connectivity index (χ3v) is 2.00. The Labute approximate surface area is 90.2 Å². The summed E-state index contributed by atoms with van der Waals surface area (Å²) in [6, 6.07) is 0. The van der Waals surface area contributed by atoms with Crippen molar-refractivity contribution in [3.8, 4) is 0 Å². The lowest BCUT2D eigenvalue weighted by Crippen LogP contribution is -2.22. The van der Waals surface area contributed by atoms with Crippen LogP contribution in [0.2, 0.25) is 0 Å². The molecule has 5 heteroatoms. The molecule has 1 aromatic heterocycles. The summed E-state index contributed by atoms with van der Waals surface area (Å²) in [5, 5.41) is 12.0. The molecule has 0 aromatic carbocycles. The highest BCUT2D eigenvalue weighted by Crippen LogP contribution is 2.10. The van der Waals surface area contributed by atoms with Gasteiger partial charge in [0.1, 0.15) is 11.6 Å². The fourth-order valence-corrected chi connectivity index (χ4v) is 1.14. The molecule has 84 valence electrons. The number of hydrogen-bond donors (Lipinski definition) is 2. The van der Waals surface area contributed by atoms with Gasteiger partial charge in [0, 0.05) is 20.1 Å². The Morgan fingerprint density at radius 3 is 2.93 bits per heavy atom. The van der Waals surface area contributed by atoms with Crippen LogP contribution in [0.1, 0.15) is 13.3 Å². The molecule has 1 heterocycles. The largest absolute Gasteiger partial charge is 0.395 e. The molecule has 0 unspecified atom stereocenters. The number of aliphatic hydroxyl groups excluding tert-OH is 1. The first-order chi connectivity index (χ1) is 7.27. The van der Waals surface area contributed by atoms with Crippen LogP contribution in [0.15, 0.2) is 12.4 Å². The van der Waals surface area contributed by atoms with Crippen LogP contribution in [0.5, 0.6) is 0 Å². The van der Waals surface area contributed by atoms with E-state index in [2.05, 4.69) is 22.2 Å². The number of nitrogens with one attached hydrogen (secondary N) is 1. The van der Waals surface area contributed by atoms with Gasteiger partial charge in [-0.15, -0.1) is 0 Å². The molecule has 0 aliphatic heterocycles. The quantitative estimate of drug-likeness (QED) is 0.724. The fraction of sp³-hybridized carbons (Fsp3) is 0.600. The highest BCUT2D eigenvalue weighted by atomic mass is 16.3. The first-order valence-corrected chi connectivity index (χ1v) is 5.15. The summed E-state index contributed by atoms with van der Waals surface area (Å²) < 4.78 is 0.